The Labute approximate surface area is 109 Å². The van der Waals surface area contributed by atoms with Crippen LogP contribution in [0, 0.1) is 0 Å². The second kappa shape index (κ2) is 7.19. The average Bonchev–Trinajstić information content (AvgIpc) is 2.15. The Hall–Kier alpha value is 0.677. The molecule has 0 N–H and O–H groups in total. The predicted molar refractivity (Wildman–Crippen MR) is 78.9 cm³/mol. The first-order valence-electron chi connectivity index (χ1n) is 4.97. The molecule has 3 nitrogen and oxygen atoms in total. The molecule has 0 saturated carbocycles. The van der Waals surface area contributed by atoms with Crippen LogP contribution in [0.4, 0.5) is 0 Å². The number of rotatable bonds is 7. The molecule has 0 aromatic carbocycles. The summed E-state index contributed by atoms with van der Waals surface area (Å²) in [6.45, 7) is 8.48. The van der Waals surface area contributed by atoms with E-state index >= 15 is 0 Å². The molecule has 0 aliphatic heterocycles. The summed E-state index contributed by atoms with van der Waals surface area (Å²) in [5.41, 5.74) is -2.16. The van der Waals surface area contributed by atoms with Crippen molar-refractivity contribution in [1.29, 1.82) is 0 Å². The second-order valence-electron chi connectivity index (χ2n) is 4.18. The first-order chi connectivity index (χ1) is 7.22. The Morgan fingerprint density at radius 3 is 2.12 bits per heavy atom. The van der Waals surface area contributed by atoms with Gasteiger partial charge in [-0.25, -0.2) is 0 Å². The first kappa shape index (κ1) is 16.7. The number of hydrogen-bond acceptors (Lipinski definition) is 5. The standard InChI is InChI=1S/C9H21O3PS2Si/c1-9(7-8-12-16(4,5)6)15-13(14,10-2)11-3/h7-9H,1-6H3/b8-7+. The Kier molecular flexibility index (Phi) is 7.49. The van der Waals surface area contributed by atoms with Crippen molar-refractivity contribution in [3.8, 4) is 0 Å². The van der Waals surface area contributed by atoms with Gasteiger partial charge in [-0.3, -0.25) is 0 Å². The van der Waals surface area contributed by atoms with Crippen molar-refractivity contribution in [2.24, 2.45) is 0 Å². The van der Waals surface area contributed by atoms with Crippen LogP contribution in [0.25, 0.3) is 0 Å². The van der Waals surface area contributed by atoms with E-state index in [4.69, 9.17) is 25.3 Å². The van der Waals surface area contributed by atoms with Crippen molar-refractivity contribution in [2.75, 3.05) is 14.2 Å². The predicted octanol–water partition coefficient (Wildman–Crippen LogP) is 3.99. The molecule has 0 radical (unpaired) electrons. The smallest absolute Gasteiger partial charge is 0.247 e. The van der Waals surface area contributed by atoms with Crippen molar-refractivity contribution >= 4 is 37.2 Å². The first-order valence-corrected chi connectivity index (χ1v) is 12.5. The van der Waals surface area contributed by atoms with Gasteiger partial charge in [0.25, 0.3) is 0 Å². The molecule has 0 aromatic heterocycles. The lowest BCUT2D eigenvalue weighted by atomic mass is 10.5. The van der Waals surface area contributed by atoms with Crippen molar-refractivity contribution in [1.82, 2.24) is 0 Å². The van der Waals surface area contributed by atoms with E-state index in [0.29, 0.717) is 0 Å². The van der Waals surface area contributed by atoms with Crippen LogP contribution in [0.15, 0.2) is 12.3 Å². The van der Waals surface area contributed by atoms with E-state index < -0.39 is 14.0 Å². The summed E-state index contributed by atoms with van der Waals surface area (Å²) in [5, 5.41) is 0.224. The van der Waals surface area contributed by atoms with Crippen LogP contribution >= 0.6 is 17.1 Å². The maximum Gasteiger partial charge on any atom is 0.247 e. The van der Waals surface area contributed by atoms with E-state index in [-0.39, 0.29) is 5.25 Å². The van der Waals surface area contributed by atoms with Crippen LogP contribution in [0.1, 0.15) is 6.92 Å². The minimum atomic E-state index is -2.16. The van der Waals surface area contributed by atoms with Gasteiger partial charge in [-0.2, -0.15) is 0 Å². The third-order valence-corrected chi connectivity index (χ3v) is 8.33. The summed E-state index contributed by atoms with van der Waals surface area (Å²) in [5.74, 6) is 0. The van der Waals surface area contributed by atoms with Crippen molar-refractivity contribution in [2.45, 2.75) is 31.8 Å². The summed E-state index contributed by atoms with van der Waals surface area (Å²) in [6, 6.07) is 0. The van der Waals surface area contributed by atoms with Crippen LogP contribution in [0.3, 0.4) is 0 Å². The van der Waals surface area contributed by atoms with E-state index in [2.05, 4.69) is 19.6 Å². The highest BCUT2D eigenvalue weighted by atomic mass is 32.9. The molecule has 0 amide bonds. The van der Waals surface area contributed by atoms with E-state index in [1.807, 2.05) is 13.0 Å². The van der Waals surface area contributed by atoms with Gasteiger partial charge in [-0.1, -0.05) is 11.4 Å². The van der Waals surface area contributed by atoms with Crippen LogP contribution < -0.4 is 0 Å². The Bertz CT molecular complexity index is 270. The van der Waals surface area contributed by atoms with E-state index in [9.17, 15) is 0 Å². The normalized spacial score (nSPS) is 15.4. The van der Waals surface area contributed by atoms with Gasteiger partial charge in [0.15, 0.2) is 0 Å². The van der Waals surface area contributed by atoms with Gasteiger partial charge in [0, 0.05) is 19.5 Å². The fourth-order valence-electron chi connectivity index (χ4n) is 0.753. The molecule has 0 saturated heterocycles. The maximum atomic E-state index is 5.62. The van der Waals surface area contributed by atoms with Gasteiger partial charge < -0.3 is 13.5 Å². The topological polar surface area (TPSA) is 27.7 Å². The van der Waals surface area contributed by atoms with Crippen molar-refractivity contribution in [3.63, 3.8) is 0 Å². The molecule has 0 bridgehead atoms. The molecule has 0 fully saturated rings. The van der Waals surface area contributed by atoms with Gasteiger partial charge in [0.1, 0.15) is 0 Å². The molecular formula is C9H21O3PS2Si. The van der Waals surface area contributed by atoms with Gasteiger partial charge in [0.05, 0.1) is 6.26 Å². The molecule has 0 aliphatic rings. The largest absolute Gasteiger partial charge is 0.550 e. The van der Waals surface area contributed by atoms with Crippen LogP contribution in [-0.2, 0) is 25.3 Å². The van der Waals surface area contributed by atoms with Gasteiger partial charge in [-0.05, 0) is 44.4 Å². The summed E-state index contributed by atoms with van der Waals surface area (Å²) in [7, 11) is 1.70. The minimum Gasteiger partial charge on any atom is -0.550 e. The highest BCUT2D eigenvalue weighted by molar-refractivity contribution is 8.68. The van der Waals surface area contributed by atoms with E-state index in [0.717, 1.165) is 0 Å². The zero-order chi connectivity index (χ0) is 12.8. The van der Waals surface area contributed by atoms with Gasteiger partial charge >= 0.3 is 0 Å². The van der Waals surface area contributed by atoms with Crippen LogP contribution in [0.5, 0.6) is 0 Å². The molecular weight excluding hydrogens is 279 g/mol. The fraction of sp³-hybridized carbons (Fsp3) is 0.778. The third kappa shape index (κ3) is 7.87. The van der Waals surface area contributed by atoms with Gasteiger partial charge in [0.2, 0.25) is 14.0 Å². The van der Waals surface area contributed by atoms with E-state index in [1.54, 1.807) is 20.5 Å². The Morgan fingerprint density at radius 2 is 1.75 bits per heavy atom. The van der Waals surface area contributed by atoms with Crippen LogP contribution in [-0.4, -0.2) is 27.8 Å². The molecule has 0 aromatic rings. The molecule has 0 aliphatic carbocycles. The molecule has 16 heavy (non-hydrogen) atoms. The highest BCUT2D eigenvalue weighted by Crippen LogP contribution is 2.61. The van der Waals surface area contributed by atoms with Crippen LogP contribution in [0.2, 0.25) is 19.6 Å². The average molecular weight is 300 g/mol. The second-order valence-corrected chi connectivity index (χ2v) is 15.4. The minimum absolute atomic E-state index is 0.224. The Balaban J connectivity index is 4.18. The lowest BCUT2D eigenvalue weighted by Gasteiger charge is -2.19. The highest BCUT2D eigenvalue weighted by Gasteiger charge is 2.19. The molecule has 0 spiro atoms. The zero-order valence-electron chi connectivity index (χ0n) is 10.7. The summed E-state index contributed by atoms with van der Waals surface area (Å²) in [6.07, 6.45) is 3.76. The quantitative estimate of drug-likeness (QED) is 0.403. The van der Waals surface area contributed by atoms with Gasteiger partial charge in [-0.15, -0.1) is 0 Å². The number of hydrogen-bond donors (Lipinski definition) is 0. The monoisotopic (exact) mass is 300 g/mol. The summed E-state index contributed by atoms with van der Waals surface area (Å²) in [4.78, 5) is 0. The molecule has 1 unspecified atom stereocenters. The molecule has 96 valence electrons. The lowest BCUT2D eigenvalue weighted by molar-refractivity contribution is 0.354. The fourth-order valence-corrected chi connectivity index (χ4v) is 5.27. The molecule has 0 rings (SSSR count). The zero-order valence-corrected chi connectivity index (χ0v) is 14.2. The van der Waals surface area contributed by atoms with E-state index in [1.165, 1.54) is 11.4 Å². The van der Waals surface area contributed by atoms with Crippen molar-refractivity contribution < 1.29 is 13.5 Å². The maximum absolute atomic E-state index is 5.62. The lowest BCUT2D eigenvalue weighted by Crippen LogP contribution is -2.22. The molecule has 0 heterocycles. The summed E-state index contributed by atoms with van der Waals surface area (Å²) < 4.78 is 16.0. The SMILES string of the molecule is COP(=S)(OC)SC(C)/C=C/O[Si](C)(C)C. The Morgan fingerprint density at radius 1 is 1.25 bits per heavy atom. The third-order valence-electron chi connectivity index (χ3n) is 1.51. The molecule has 1 atom stereocenters. The molecule has 7 heteroatoms. The van der Waals surface area contributed by atoms with Crippen molar-refractivity contribution in [3.05, 3.63) is 12.3 Å². The summed E-state index contributed by atoms with van der Waals surface area (Å²) >= 11 is 6.80.